The summed E-state index contributed by atoms with van der Waals surface area (Å²) in [5.41, 5.74) is 1.46. The number of carboxylic acid groups (broad SMARTS) is 1. The van der Waals surface area contributed by atoms with E-state index in [-0.39, 0.29) is 6.10 Å². The average molecular weight is 246 g/mol. The van der Waals surface area contributed by atoms with E-state index >= 15 is 0 Å². The molecular formula is C13H14N2O3. The normalized spacial score (nSPS) is 27.4. The first-order valence-corrected chi connectivity index (χ1v) is 5.73. The Bertz CT molecular complexity index is 495. The van der Waals surface area contributed by atoms with Gasteiger partial charge in [0.1, 0.15) is 6.04 Å². The average Bonchev–Trinajstić information content (AvgIpc) is 2.38. The first kappa shape index (κ1) is 12.6. The number of aliphatic carboxylic acids is 1. The Morgan fingerprint density at radius 2 is 2.39 bits per heavy atom. The van der Waals surface area contributed by atoms with Crippen LogP contribution in [0.15, 0.2) is 24.3 Å². The molecule has 2 rings (SSSR count). The molecule has 3 unspecified atom stereocenters. The zero-order valence-corrected chi connectivity index (χ0v) is 9.96. The monoisotopic (exact) mass is 246 g/mol. The molecule has 0 radical (unpaired) electrons. The van der Waals surface area contributed by atoms with Crippen LogP contribution in [0.1, 0.15) is 24.2 Å². The molecule has 1 aliphatic rings. The van der Waals surface area contributed by atoms with Crippen LogP contribution >= 0.6 is 0 Å². The lowest BCUT2D eigenvalue weighted by atomic mass is 10.0. The molecule has 18 heavy (non-hydrogen) atoms. The fourth-order valence-corrected chi connectivity index (χ4v) is 2.08. The molecule has 5 nitrogen and oxygen atoms in total. The molecule has 94 valence electrons. The van der Waals surface area contributed by atoms with E-state index in [0.717, 1.165) is 5.56 Å². The molecular weight excluding hydrogens is 232 g/mol. The van der Waals surface area contributed by atoms with Crippen LogP contribution in [-0.4, -0.2) is 29.8 Å². The summed E-state index contributed by atoms with van der Waals surface area (Å²) < 4.78 is 5.69. The molecule has 5 heteroatoms. The highest BCUT2D eigenvalue weighted by atomic mass is 16.5. The van der Waals surface area contributed by atoms with Gasteiger partial charge in [0.05, 0.1) is 23.8 Å². The lowest BCUT2D eigenvalue weighted by molar-refractivity contribution is -0.149. The Labute approximate surface area is 105 Å². The minimum Gasteiger partial charge on any atom is -0.480 e. The van der Waals surface area contributed by atoms with Gasteiger partial charge in [0.15, 0.2) is 0 Å². The van der Waals surface area contributed by atoms with Crippen molar-refractivity contribution in [2.24, 2.45) is 0 Å². The fraction of sp³-hybridized carbons (Fsp3) is 0.385. The first-order chi connectivity index (χ1) is 8.61. The van der Waals surface area contributed by atoms with Gasteiger partial charge in [-0.3, -0.25) is 10.1 Å². The van der Waals surface area contributed by atoms with Gasteiger partial charge in [-0.1, -0.05) is 12.1 Å². The SMILES string of the molecule is CC1OC(c2cccc(C#N)c2)CNC1C(=O)O. The quantitative estimate of drug-likeness (QED) is 0.815. The number of nitriles is 1. The van der Waals surface area contributed by atoms with Crippen LogP contribution < -0.4 is 5.32 Å². The first-order valence-electron chi connectivity index (χ1n) is 5.73. The van der Waals surface area contributed by atoms with Crippen LogP contribution in [0.4, 0.5) is 0 Å². The minimum atomic E-state index is -0.910. The van der Waals surface area contributed by atoms with Crippen LogP contribution in [0, 0.1) is 11.3 Å². The van der Waals surface area contributed by atoms with E-state index in [1.807, 2.05) is 6.07 Å². The Balaban J connectivity index is 2.12. The fourth-order valence-electron chi connectivity index (χ4n) is 2.08. The van der Waals surface area contributed by atoms with Crippen molar-refractivity contribution >= 4 is 5.97 Å². The summed E-state index contributed by atoms with van der Waals surface area (Å²) >= 11 is 0. The van der Waals surface area contributed by atoms with E-state index in [9.17, 15) is 4.79 Å². The van der Waals surface area contributed by atoms with E-state index < -0.39 is 18.1 Å². The molecule has 1 fully saturated rings. The second-order valence-electron chi connectivity index (χ2n) is 4.29. The lowest BCUT2D eigenvalue weighted by Crippen LogP contribution is -2.52. The van der Waals surface area contributed by atoms with Crippen molar-refractivity contribution in [1.82, 2.24) is 5.32 Å². The number of benzene rings is 1. The van der Waals surface area contributed by atoms with Crippen molar-refractivity contribution in [2.45, 2.75) is 25.2 Å². The van der Waals surface area contributed by atoms with Gasteiger partial charge in [0.25, 0.3) is 0 Å². The van der Waals surface area contributed by atoms with Crippen molar-refractivity contribution in [2.75, 3.05) is 6.54 Å². The predicted molar refractivity (Wildman–Crippen MR) is 63.9 cm³/mol. The maximum atomic E-state index is 10.9. The van der Waals surface area contributed by atoms with E-state index in [0.29, 0.717) is 12.1 Å². The molecule has 0 saturated carbocycles. The maximum Gasteiger partial charge on any atom is 0.323 e. The smallest absolute Gasteiger partial charge is 0.323 e. The van der Waals surface area contributed by atoms with Crippen molar-refractivity contribution in [3.05, 3.63) is 35.4 Å². The zero-order valence-electron chi connectivity index (χ0n) is 9.96. The summed E-state index contributed by atoms with van der Waals surface area (Å²) in [6.45, 7) is 2.16. The Kier molecular flexibility index (Phi) is 3.60. The number of hydrogen-bond acceptors (Lipinski definition) is 4. The number of ether oxygens (including phenoxy) is 1. The highest BCUT2D eigenvalue weighted by Gasteiger charge is 2.33. The summed E-state index contributed by atoms with van der Waals surface area (Å²) in [6.07, 6.45) is -0.629. The molecule has 0 spiro atoms. The highest BCUT2D eigenvalue weighted by molar-refractivity contribution is 5.74. The van der Waals surface area contributed by atoms with Crippen LogP contribution in [0.3, 0.4) is 0 Å². The molecule has 0 bridgehead atoms. The number of carbonyl (C=O) groups is 1. The highest BCUT2D eigenvalue weighted by Crippen LogP contribution is 2.24. The number of nitrogens with zero attached hydrogens (tertiary/aromatic N) is 1. The second-order valence-corrected chi connectivity index (χ2v) is 4.29. The molecule has 0 amide bonds. The molecule has 2 N–H and O–H groups in total. The Morgan fingerprint density at radius 1 is 1.61 bits per heavy atom. The maximum absolute atomic E-state index is 10.9. The summed E-state index contributed by atoms with van der Waals surface area (Å²) in [4.78, 5) is 10.9. The van der Waals surface area contributed by atoms with Crippen molar-refractivity contribution in [1.29, 1.82) is 5.26 Å². The van der Waals surface area contributed by atoms with Gasteiger partial charge in [-0.2, -0.15) is 5.26 Å². The van der Waals surface area contributed by atoms with E-state index in [2.05, 4.69) is 11.4 Å². The standard InChI is InChI=1S/C13H14N2O3/c1-8-12(13(16)17)15-7-11(18-8)10-4-2-3-9(5-10)6-14/h2-5,8,11-12,15H,7H2,1H3,(H,16,17). The molecule has 1 aromatic carbocycles. The second kappa shape index (κ2) is 5.17. The van der Waals surface area contributed by atoms with Crippen molar-refractivity contribution < 1.29 is 14.6 Å². The number of morpholine rings is 1. The molecule has 0 aliphatic carbocycles. The molecule has 0 aromatic heterocycles. The molecule has 1 aliphatic heterocycles. The van der Waals surface area contributed by atoms with E-state index in [1.54, 1.807) is 25.1 Å². The number of hydrogen-bond donors (Lipinski definition) is 2. The predicted octanol–water partition coefficient (Wildman–Crippen LogP) is 1.06. The van der Waals surface area contributed by atoms with Crippen LogP contribution in [0.5, 0.6) is 0 Å². The summed E-state index contributed by atoms with van der Waals surface area (Å²) in [5.74, 6) is -0.910. The van der Waals surface area contributed by atoms with Gasteiger partial charge in [-0.25, -0.2) is 0 Å². The van der Waals surface area contributed by atoms with Crippen molar-refractivity contribution in [3.63, 3.8) is 0 Å². The zero-order chi connectivity index (χ0) is 13.1. The summed E-state index contributed by atoms with van der Waals surface area (Å²) in [6, 6.07) is 8.56. The molecule has 1 aromatic rings. The van der Waals surface area contributed by atoms with E-state index in [1.165, 1.54) is 0 Å². The lowest BCUT2D eigenvalue weighted by Gasteiger charge is -2.33. The third kappa shape index (κ3) is 2.50. The molecule has 1 heterocycles. The Morgan fingerprint density at radius 3 is 3.00 bits per heavy atom. The van der Waals surface area contributed by atoms with Gasteiger partial charge < -0.3 is 9.84 Å². The minimum absolute atomic E-state index is 0.219. The third-order valence-corrected chi connectivity index (χ3v) is 3.03. The largest absolute Gasteiger partial charge is 0.480 e. The van der Waals surface area contributed by atoms with Gasteiger partial charge in [-0.15, -0.1) is 0 Å². The van der Waals surface area contributed by atoms with Gasteiger partial charge in [-0.05, 0) is 24.6 Å². The van der Waals surface area contributed by atoms with Gasteiger partial charge >= 0.3 is 5.97 Å². The van der Waals surface area contributed by atoms with Gasteiger partial charge in [0.2, 0.25) is 0 Å². The van der Waals surface area contributed by atoms with Crippen LogP contribution in [0.2, 0.25) is 0 Å². The van der Waals surface area contributed by atoms with Crippen molar-refractivity contribution in [3.8, 4) is 6.07 Å². The summed E-state index contributed by atoms with van der Waals surface area (Å²) in [5, 5.41) is 20.8. The molecule has 3 atom stereocenters. The summed E-state index contributed by atoms with van der Waals surface area (Å²) in [7, 11) is 0. The van der Waals surface area contributed by atoms with Crippen LogP contribution in [-0.2, 0) is 9.53 Å². The van der Waals surface area contributed by atoms with Crippen LogP contribution in [0.25, 0.3) is 0 Å². The number of rotatable bonds is 2. The third-order valence-electron chi connectivity index (χ3n) is 3.03. The number of nitrogens with one attached hydrogen (secondary N) is 1. The number of carboxylic acids is 1. The topological polar surface area (TPSA) is 82.3 Å². The Hall–Kier alpha value is -1.90. The van der Waals surface area contributed by atoms with E-state index in [4.69, 9.17) is 15.1 Å². The molecule has 1 saturated heterocycles. The van der Waals surface area contributed by atoms with Gasteiger partial charge in [0, 0.05) is 6.54 Å².